The van der Waals surface area contributed by atoms with Gasteiger partial charge in [0.25, 0.3) is 0 Å². The molecule has 4 rings (SSSR count). The molecule has 2 amide bonds. The van der Waals surface area contributed by atoms with Gasteiger partial charge in [0.2, 0.25) is 11.8 Å². The van der Waals surface area contributed by atoms with Gasteiger partial charge in [0.15, 0.2) is 9.84 Å². The minimum Gasteiger partial charge on any atom is -0.494 e. The monoisotopic (exact) mass is 506 g/mol. The number of fused-ring (bicyclic) bond motifs is 4. The maximum absolute atomic E-state index is 13.8. The number of methoxy groups -OCH3 is 1. The van der Waals surface area contributed by atoms with E-state index in [9.17, 15) is 22.8 Å². The zero-order chi connectivity index (χ0) is 25.0. The molecule has 2 aliphatic heterocycles. The van der Waals surface area contributed by atoms with Crippen molar-refractivity contribution in [3.63, 3.8) is 0 Å². The van der Waals surface area contributed by atoms with E-state index in [1.54, 1.807) is 18.2 Å². The second-order valence-electron chi connectivity index (χ2n) is 9.72. The molecule has 2 heterocycles. The highest BCUT2D eigenvalue weighted by molar-refractivity contribution is 7.92. The summed E-state index contributed by atoms with van der Waals surface area (Å²) in [6.45, 7) is 0.119. The second-order valence-corrected chi connectivity index (χ2v) is 12.1. The van der Waals surface area contributed by atoms with Crippen LogP contribution in [0.1, 0.15) is 50.5 Å². The van der Waals surface area contributed by atoms with E-state index in [2.05, 4.69) is 5.32 Å². The van der Waals surface area contributed by atoms with Crippen molar-refractivity contribution in [3.05, 3.63) is 29.8 Å². The summed E-state index contributed by atoms with van der Waals surface area (Å²) in [4.78, 5) is 40.8. The number of ether oxygens (including phenoxy) is 2. The number of nitrogens with zero attached hydrogens (tertiary/aromatic N) is 1. The van der Waals surface area contributed by atoms with Crippen LogP contribution in [0.25, 0.3) is 0 Å². The summed E-state index contributed by atoms with van der Waals surface area (Å²) in [5, 5.41) is 2.07. The molecule has 10 heteroatoms. The first kappa shape index (κ1) is 25.5. The number of amides is 2. The van der Waals surface area contributed by atoms with Gasteiger partial charge in [-0.05, 0) is 49.3 Å². The van der Waals surface area contributed by atoms with E-state index in [0.29, 0.717) is 5.75 Å². The topological polar surface area (TPSA) is 119 Å². The van der Waals surface area contributed by atoms with Crippen LogP contribution in [0.2, 0.25) is 0 Å². The lowest BCUT2D eigenvalue weighted by Crippen LogP contribution is -2.55. The van der Waals surface area contributed by atoms with Crippen LogP contribution in [-0.4, -0.2) is 74.4 Å². The van der Waals surface area contributed by atoms with Crippen LogP contribution in [-0.2, 0) is 35.4 Å². The fourth-order valence-electron chi connectivity index (χ4n) is 5.46. The molecule has 9 nitrogen and oxygen atoms in total. The highest BCUT2D eigenvalue weighted by Crippen LogP contribution is 2.31. The predicted molar refractivity (Wildman–Crippen MR) is 128 cm³/mol. The van der Waals surface area contributed by atoms with Crippen LogP contribution in [0.3, 0.4) is 0 Å². The molecule has 0 spiro atoms. The van der Waals surface area contributed by atoms with E-state index in [1.807, 2.05) is 6.07 Å². The third kappa shape index (κ3) is 5.97. The Morgan fingerprint density at radius 1 is 1.14 bits per heavy atom. The largest absolute Gasteiger partial charge is 0.494 e. The first-order chi connectivity index (χ1) is 16.8. The number of hydrogen-bond donors (Lipinski definition) is 1. The molecular weight excluding hydrogens is 472 g/mol. The van der Waals surface area contributed by atoms with E-state index >= 15 is 0 Å². The molecule has 1 aromatic rings. The minimum absolute atomic E-state index is 0.00624. The van der Waals surface area contributed by atoms with E-state index < -0.39 is 39.0 Å². The highest BCUT2D eigenvalue weighted by Gasteiger charge is 2.47. The Kier molecular flexibility index (Phi) is 7.98. The van der Waals surface area contributed by atoms with Gasteiger partial charge in [-0.1, -0.05) is 31.4 Å². The smallest absolute Gasteiger partial charge is 0.328 e. The zero-order valence-electron chi connectivity index (χ0n) is 20.1. The lowest BCUT2D eigenvalue weighted by molar-refractivity contribution is -0.152. The fourth-order valence-corrected chi connectivity index (χ4v) is 7.18. The standard InChI is InChI=1S/C25H34N2O7S/c1-33-25(30)21-15-20-16-27(21)24(29)23(18-8-3-2-4-9-18)26-22(28)14-17-7-5-10-19(13-17)34-11-6-12-35(20,31)32/h5,7,10,13,18,20-21,23H,2-4,6,8-9,11-12,14-16H2,1H3,(H,26,28)/t20-,21+,23+/m1/s1. The zero-order valence-corrected chi connectivity index (χ0v) is 20.9. The van der Waals surface area contributed by atoms with Crippen molar-refractivity contribution in [1.29, 1.82) is 0 Å². The predicted octanol–water partition coefficient (Wildman–Crippen LogP) is 1.63. The Morgan fingerprint density at radius 2 is 1.91 bits per heavy atom. The van der Waals surface area contributed by atoms with E-state index in [-0.39, 0.29) is 50.0 Å². The number of hydrogen-bond acceptors (Lipinski definition) is 7. The van der Waals surface area contributed by atoms with Crippen LogP contribution in [0.4, 0.5) is 0 Å². The van der Waals surface area contributed by atoms with Crippen molar-refractivity contribution in [2.24, 2.45) is 5.92 Å². The fraction of sp³-hybridized carbons (Fsp3) is 0.640. The first-order valence-electron chi connectivity index (χ1n) is 12.4. The minimum atomic E-state index is -3.59. The number of nitrogens with one attached hydrogen (secondary N) is 1. The van der Waals surface area contributed by atoms with Gasteiger partial charge in [-0.3, -0.25) is 9.59 Å². The summed E-state index contributed by atoms with van der Waals surface area (Å²) >= 11 is 0. The van der Waals surface area contributed by atoms with Crippen molar-refractivity contribution >= 4 is 27.6 Å². The summed E-state index contributed by atoms with van der Waals surface area (Å²) in [5.41, 5.74) is 0.739. The summed E-state index contributed by atoms with van der Waals surface area (Å²) in [5.74, 6) is -0.934. The highest BCUT2D eigenvalue weighted by atomic mass is 32.2. The lowest BCUT2D eigenvalue weighted by Gasteiger charge is -2.34. The number of rotatable bonds is 2. The number of sulfone groups is 1. The van der Waals surface area contributed by atoms with Gasteiger partial charge < -0.3 is 19.7 Å². The molecule has 0 radical (unpaired) electrons. The van der Waals surface area contributed by atoms with Gasteiger partial charge in [-0.15, -0.1) is 0 Å². The van der Waals surface area contributed by atoms with Gasteiger partial charge in [0.05, 0.1) is 31.1 Å². The van der Waals surface area contributed by atoms with Crippen LogP contribution >= 0.6 is 0 Å². The van der Waals surface area contributed by atoms with Gasteiger partial charge in [0, 0.05) is 6.54 Å². The molecule has 3 atom stereocenters. The molecular formula is C25H34N2O7S. The molecule has 35 heavy (non-hydrogen) atoms. The number of carbonyl (C=O) groups excluding carboxylic acids is 3. The molecule has 2 fully saturated rings. The molecule has 0 unspecified atom stereocenters. The Labute approximate surface area is 206 Å². The normalized spacial score (nSPS) is 28.1. The van der Waals surface area contributed by atoms with E-state index in [1.165, 1.54) is 12.0 Å². The molecule has 3 aliphatic rings. The number of carbonyl (C=O) groups is 3. The summed E-state index contributed by atoms with van der Waals surface area (Å²) in [6.07, 6.45) is 4.94. The van der Waals surface area contributed by atoms with E-state index in [0.717, 1.165) is 37.7 Å². The molecule has 0 aromatic heterocycles. The maximum atomic E-state index is 13.8. The Hall–Kier alpha value is -2.62. The maximum Gasteiger partial charge on any atom is 0.328 e. The van der Waals surface area contributed by atoms with Crippen molar-refractivity contribution in [3.8, 4) is 5.75 Å². The number of benzene rings is 1. The van der Waals surface area contributed by atoms with Crippen molar-refractivity contribution in [2.75, 3.05) is 26.0 Å². The van der Waals surface area contributed by atoms with Crippen molar-refractivity contribution in [2.45, 2.75) is 68.7 Å². The molecule has 1 aliphatic carbocycles. The van der Waals surface area contributed by atoms with Crippen LogP contribution < -0.4 is 10.1 Å². The Balaban J connectivity index is 1.68. The molecule has 1 saturated carbocycles. The summed E-state index contributed by atoms with van der Waals surface area (Å²) < 4.78 is 36.9. The van der Waals surface area contributed by atoms with Crippen LogP contribution in [0.15, 0.2) is 24.3 Å². The Morgan fingerprint density at radius 3 is 2.66 bits per heavy atom. The molecule has 192 valence electrons. The molecule has 1 aromatic carbocycles. The van der Waals surface area contributed by atoms with Gasteiger partial charge >= 0.3 is 5.97 Å². The molecule has 1 N–H and O–H groups in total. The third-order valence-electron chi connectivity index (χ3n) is 7.34. The van der Waals surface area contributed by atoms with E-state index in [4.69, 9.17) is 9.47 Å². The quantitative estimate of drug-likeness (QED) is 0.606. The second kappa shape index (κ2) is 11.0. The summed E-state index contributed by atoms with van der Waals surface area (Å²) in [7, 11) is -2.36. The Bertz CT molecular complexity index is 1050. The SMILES string of the molecule is COC(=O)[C@@H]1C[C@@H]2CN1C(=O)[C@H](C1CCCCC1)NC(=O)Cc1cccc(c1)OCCCS2(=O)=O. The first-order valence-corrected chi connectivity index (χ1v) is 14.1. The summed E-state index contributed by atoms with van der Waals surface area (Å²) in [6, 6.07) is 5.33. The van der Waals surface area contributed by atoms with Crippen molar-refractivity contribution in [1.82, 2.24) is 10.2 Å². The lowest BCUT2D eigenvalue weighted by atomic mass is 9.83. The van der Waals surface area contributed by atoms with Crippen molar-refractivity contribution < 1.29 is 32.3 Å². The van der Waals surface area contributed by atoms with Gasteiger partial charge in [-0.25, -0.2) is 13.2 Å². The number of esters is 1. The molecule has 4 bridgehead atoms. The average Bonchev–Trinajstić information content (AvgIpc) is 3.31. The van der Waals surface area contributed by atoms with Crippen LogP contribution in [0, 0.1) is 5.92 Å². The van der Waals surface area contributed by atoms with Gasteiger partial charge in [0.1, 0.15) is 17.8 Å². The molecule has 1 saturated heterocycles. The van der Waals surface area contributed by atoms with Crippen LogP contribution in [0.5, 0.6) is 5.75 Å². The third-order valence-corrected chi connectivity index (χ3v) is 9.55. The average molecular weight is 507 g/mol. The van der Waals surface area contributed by atoms with Gasteiger partial charge in [-0.2, -0.15) is 0 Å².